The van der Waals surface area contributed by atoms with Crippen molar-refractivity contribution in [1.29, 1.82) is 0 Å². The summed E-state index contributed by atoms with van der Waals surface area (Å²) in [5, 5.41) is 6.19. The van der Waals surface area contributed by atoms with Gasteiger partial charge < -0.3 is 0 Å². The van der Waals surface area contributed by atoms with Crippen molar-refractivity contribution < 1.29 is 14.1 Å². The van der Waals surface area contributed by atoms with Crippen molar-refractivity contribution in [3.63, 3.8) is 0 Å². The molecule has 0 heterocycles. The molecule has 0 amide bonds. The standard InChI is InChI=1S/C8H7N4O5P/c13-9-11-16-18(15,17-12-10-14)8-5-6-1-3-7(8)4-2-6/h1-5,15H,(H-,11,12,13,14)/p+1. The summed E-state index contributed by atoms with van der Waals surface area (Å²) in [6, 6.07) is 8.69. The number of fused-ring (bicyclic) bond motifs is 3. The maximum atomic E-state index is 10.2. The Kier molecular flexibility index (Phi) is 3.58. The van der Waals surface area contributed by atoms with Crippen LogP contribution in [0.1, 0.15) is 0 Å². The molecule has 10 heteroatoms. The third-order valence-corrected chi connectivity index (χ3v) is 3.87. The number of nitrogens with one attached hydrogen (secondary N) is 2. The van der Waals surface area contributed by atoms with Crippen LogP contribution >= 0.6 is 7.94 Å². The zero-order valence-electron chi connectivity index (χ0n) is 8.81. The van der Waals surface area contributed by atoms with Crippen LogP contribution in [0, 0.1) is 9.81 Å². The summed E-state index contributed by atoms with van der Waals surface area (Å²) in [5.41, 5.74) is 3.21. The number of nitroso groups, excluding NO2 is 2. The molecule has 0 saturated carbocycles. The zero-order valence-corrected chi connectivity index (χ0v) is 9.70. The van der Waals surface area contributed by atoms with Crippen molar-refractivity contribution in [2.45, 2.75) is 0 Å². The lowest BCUT2D eigenvalue weighted by molar-refractivity contribution is 0.0877. The monoisotopic (exact) mass is 271 g/mol. The number of hydrogen-bond donors (Lipinski definition) is 3. The van der Waals surface area contributed by atoms with Gasteiger partial charge in [-0.25, -0.2) is 0 Å². The van der Waals surface area contributed by atoms with Gasteiger partial charge in [0.15, 0.2) is 5.30 Å². The summed E-state index contributed by atoms with van der Waals surface area (Å²) in [5.74, 6) is 0. The SMILES string of the molecule is O=NNO[P+](O)(ONN=O)c1cc2ccc1cc2. The van der Waals surface area contributed by atoms with Gasteiger partial charge in [0, 0.05) is 5.39 Å². The summed E-state index contributed by atoms with van der Waals surface area (Å²) in [6.45, 7) is 0. The van der Waals surface area contributed by atoms with Gasteiger partial charge in [-0.1, -0.05) is 24.3 Å². The normalized spacial score (nSPS) is 11.4. The molecule has 9 nitrogen and oxygen atoms in total. The van der Waals surface area contributed by atoms with Gasteiger partial charge in [-0.2, -0.15) is 4.89 Å². The van der Waals surface area contributed by atoms with Crippen LogP contribution in [0.15, 0.2) is 40.9 Å². The van der Waals surface area contributed by atoms with Crippen LogP contribution in [-0.2, 0) is 9.25 Å². The fourth-order valence-corrected chi connectivity index (χ4v) is 2.81. The number of nitrogens with zero attached hydrogens (tertiary/aromatic N) is 2. The molecule has 0 radical (unpaired) electrons. The molecule has 0 fully saturated rings. The highest BCUT2D eigenvalue weighted by atomic mass is 31.2. The molecule has 0 aliphatic carbocycles. The highest BCUT2D eigenvalue weighted by Gasteiger charge is 2.49. The topological polar surface area (TPSA) is 122 Å². The van der Waals surface area contributed by atoms with Crippen molar-refractivity contribution in [2.75, 3.05) is 0 Å². The van der Waals surface area contributed by atoms with Crippen LogP contribution < -0.4 is 16.5 Å². The molecule has 0 spiro atoms. The second kappa shape index (κ2) is 5.15. The molecule has 0 aromatic heterocycles. The molecule has 94 valence electrons. The van der Waals surface area contributed by atoms with Crippen LogP contribution in [0.25, 0.3) is 10.8 Å². The first-order valence-corrected chi connectivity index (χ1v) is 6.24. The Morgan fingerprint density at radius 2 is 1.61 bits per heavy atom. The smallest absolute Gasteiger partial charge is 0.185 e. The first-order valence-electron chi connectivity index (χ1n) is 4.66. The molecule has 0 unspecified atom stereocenters. The Balaban J connectivity index is 2.35. The maximum absolute atomic E-state index is 10.2. The number of benzene rings is 3. The Labute approximate surface area is 101 Å². The lowest BCUT2D eigenvalue weighted by Gasteiger charge is -2.14. The van der Waals surface area contributed by atoms with E-state index in [-0.39, 0.29) is 5.30 Å². The summed E-state index contributed by atoms with van der Waals surface area (Å²) in [6.07, 6.45) is 0. The van der Waals surface area contributed by atoms with Gasteiger partial charge in [-0.3, -0.25) is 0 Å². The van der Waals surface area contributed by atoms with Gasteiger partial charge >= 0.3 is 7.94 Å². The van der Waals surface area contributed by atoms with E-state index < -0.39 is 7.94 Å². The molecular formula is C8H8N4O5P+. The molecular weight excluding hydrogens is 263 g/mol. The van der Waals surface area contributed by atoms with Crippen molar-refractivity contribution in [3.05, 3.63) is 40.1 Å². The molecule has 0 atom stereocenters. The van der Waals surface area contributed by atoms with E-state index in [1.807, 2.05) is 12.1 Å². The van der Waals surface area contributed by atoms with Gasteiger partial charge in [0.05, 0.1) is 10.6 Å². The third-order valence-electron chi connectivity index (χ3n) is 2.22. The lowest BCUT2D eigenvalue weighted by Crippen LogP contribution is -2.25. The highest BCUT2D eigenvalue weighted by molar-refractivity contribution is 7.69. The zero-order chi connectivity index (χ0) is 13.0. The van der Waals surface area contributed by atoms with Crippen molar-refractivity contribution >= 4 is 24.0 Å². The van der Waals surface area contributed by atoms with E-state index in [9.17, 15) is 14.7 Å². The Hall–Kier alpha value is -1.93. The largest absolute Gasteiger partial charge is 0.506 e. The molecule has 2 bridgehead atoms. The van der Waals surface area contributed by atoms with E-state index in [2.05, 4.69) is 19.8 Å². The molecule has 0 aliphatic rings. The van der Waals surface area contributed by atoms with Gasteiger partial charge in [-0.15, -0.1) is 21.0 Å². The number of hydrogen-bond acceptors (Lipinski definition) is 7. The van der Waals surface area contributed by atoms with Crippen LogP contribution in [0.5, 0.6) is 0 Å². The van der Waals surface area contributed by atoms with Crippen LogP contribution in [0.4, 0.5) is 0 Å². The van der Waals surface area contributed by atoms with Crippen molar-refractivity contribution in [3.8, 4) is 0 Å². The summed E-state index contributed by atoms with van der Waals surface area (Å²) >= 11 is 0. The van der Waals surface area contributed by atoms with Crippen molar-refractivity contribution in [1.82, 2.24) is 11.2 Å². The van der Waals surface area contributed by atoms with E-state index >= 15 is 0 Å². The van der Waals surface area contributed by atoms with E-state index in [4.69, 9.17) is 0 Å². The first-order chi connectivity index (χ1) is 8.69. The molecule has 18 heavy (non-hydrogen) atoms. The fraction of sp³-hybridized carbons (Fsp3) is 0. The minimum atomic E-state index is -3.73. The highest BCUT2D eigenvalue weighted by Crippen LogP contribution is 2.55. The first kappa shape index (κ1) is 12.5. The van der Waals surface area contributed by atoms with Crippen molar-refractivity contribution in [2.24, 2.45) is 10.6 Å². The maximum Gasteiger partial charge on any atom is 0.506 e. The number of rotatable bonds is 7. The van der Waals surface area contributed by atoms with Crippen LogP contribution in [0.3, 0.4) is 0 Å². The lowest BCUT2D eigenvalue weighted by atomic mass is 10.1. The fourth-order valence-electron chi connectivity index (χ4n) is 1.50. The van der Waals surface area contributed by atoms with E-state index in [0.717, 1.165) is 5.39 Å². The second-order valence-corrected chi connectivity index (χ2v) is 5.11. The molecule has 3 aromatic carbocycles. The molecule has 0 aliphatic heterocycles. The molecule has 0 saturated heterocycles. The Morgan fingerprint density at radius 3 is 2.00 bits per heavy atom. The van der Waals surface area contributed by atoms with Crippen LogP contribution in [-0.4, -0.2) is 4.89 Å². The predicted octanol–water partition coefficient (Wildman–Crippen LogP) is 1.06. The Bertz CT molecular complexity index is 520. The minimum absolute atomic E-state index is 0.287. The van der Waals surface area contributed by atoms with E-state index in [1.165, 1.54) is 0 Å². The molecule has 3 N–H and O–H groups in total. The average Bonchev–Trinajstić information content (AvgIpc) is 2.44. The molecule has 3 aromatic rings. The van der Waals surface area contributed by atoms with E-state index in [1.54, 1.807) is 29.4 Å². The second-order valence-electron chi connectivity index (χ2n) is 3.22. The Morgan fingerprint density at radius 1 is 1.06 bits per heavy atom. The van der Waals surface area contributed by atoms with Gasteiger partial charge in [-0.05, 0) is 20.7 Å². The van der Waals surface area contributed by atoms with Gasteiger partial charge in [0.25, 0.3) is 0 Å². The molecule has 3 rings (SSSR count). The summed E-state index contributed by atoms with van der Waals surface area (Å²) < 4.78 is 9.31. The summed E-state index contributed by atoms with van der Waals surface area (Å²) in [7, 11) is -3.73. The van der Waals surface area contributed by atoms with E-state index in [0.29, 0.717) is 5.39 Å². The summed E-state index contributed by atoms with van der Waals surface area (Å²) in [4.78, 5) is 30.1. The minimum Gasteiger partial charge on any atom is -0.185 e. The van der Waals surface area contributed by atoms with Gasteiger partial charge in [0.1, 0.15) is 0 Å². The third kappa shape index (κ3) is 2.34. The van der Waals surface area contributed by atoms with Gasteiger partial charge in [0.2, 0.25) is 0 Å². The predicted molar refractivity (Wildman–Crippen MR) is 63.9 cm³/mol. The van der Waals surface area contributed by atoms with Crippen LogP contribution in [0.2, 0.25) is 0 Å². The quantitative estimate of drug-likeness (QED) is 0.391. The average molecular weight is 271 g/mol.